The molecule has 2 rings (SSSR count). The van der Waals surface area contributed by atoms with Crippen molar-refractivity contribution < 1.29 is 4.39 Å². The molecule has 0 spiro atoms. The Balaban J connectivity index is 2.21. The molecule has 0 N–H and O–H groups in total. The van der Waals surface area contributed by atoms with Gasteiger partial charge in [-0.05, 0) is 37.5 Å². The van der Waals surface area contributed by atoms with Gasteiger partial charge in [0, 0.05) is 23.8 Å². The highest BCUT2D eigenvalue weighted by Gasteiger charge is 2.11. The van der Waals surface area contributed by atoms with Crippen LogP contribution < -0.4 is 4.90 Å². The Morgan fingerprint density at radius 3 is 2.43 bits per heavy atom. The van der Waals surface area contributed by atoms with E-state index in [0.29, 0.717) is 5.02 Å². The van der Waals surface area contributed by atoms with Crippen LogP contribution in [0.2, 0.25) is 5.02 Å². The Hall–Kier alpha value is -0.760. The van der Waals surface area contributed by atoms with Crippen LogP contribution in [0.3, 0.4) is 0 Å². The van der Waals surface area contributed by atoms with Crippen LogP contribution in [-0.4, -0.2) is 13.1 Å². The zero-order chi connectivity index (χ0) is 9.97. The van der Waals surface area contributed by atoms with E-state index in [1.165, 1.54) is 25.3 Å². The zero-order valence-corrected chi connectivity index (χ0v) is 8.73. The average Bonchev–Trinajstić information content (AvgIpc) is 2.18. The summed E-state index contributed by atoms with van der Waals surface area (Å²) in [6, 6.07) is 4.72. The minimum absolute atomic E-state index is 0.252. The second-order valence-electron chi connectivity index (χ2n) is 3.68. The molecule has 0 saturated carbocycles. The fraction of sp³-hybridized carbons (Fsp3) is 0.455. The molecular weight excluding hydrogens is 201 g/mol. The maximum atomic E-state index is 13.1. The van der Waals surface area contributed by atoms with E-state index in [-0.39, 0.29) is 5.82 Å². The molecule has 1 aliphatic heterocycles. The maximum absolute atomic E-state index is 13.1. The van der Waals surface area contributed by atoms with E-state index in [1.807, 2.05) is 6.07 Å². The molecule has 3 heteroatoms. The van der Waals surface area contributed by atoms with Crippen molar-refractivity contribution in [3.05, 3.63) is 29.0 Å². The normalized spacial score (nSPS) is 17.1. The summed E-state index contributed by atoms with van der Waals surface area (Å²) >= 11 is 5.80. The van der Waals surface area contributed by atoms with Gasteiger partial charge in [-0.3, -0.25) is 0 Å². The predicted octanol–water partition coefficient (Wildman–Crippen LogP) is 3.47. The molecule has 0 atom stereocenters. The molecule has 76 valence electrons. The van der Waals surface area contributed by atoms with Crippen LogP contribution in [0.5, 0.6) is 0 Å². The van der Waals surface area contributed by atoms with Crippen molar-refractivity contribution in [2.45, 2.75) is 19.3 Å². The number of rotatable bonds is 1. The SMILES string of the molecule is Fc1cc(Cl)cc(N2CCCCC2)c1. The van der Waals surface area contributed by atoms with Crippen molar-refractivity contribution >= 4 is 17.3 Å². The number of benzene rings is 1. The average molecular weight is 214 g/mol. The number of halogens is 2. The fourth-order valence-electron chi connectivity index (χ4n) is 1.87. The van der Waals surface area contributed by atoms with Gasteiger partial charge in [-0.2, -0.15) is 0 Å². The van der Waals surface area contributed by atoms with Crippen LogP contribution in [0.4, 0.5) is 10.1 Å². The Bertz CT molecular complexity index is 301. The summed E-state index contributed by atoms with van der Waals surface area (Å²) < 4.78 is 13.1. The van der Waals surface area contributed by atoms with Gasteiger partial charge in [0.05, 0.1) is 0 Å². The molecule has 0 radical (unpaired) electrons. The second-order valence-corrected chi connectivity index (χ2v) is 4.11. The maximum Gasteiger partial charge on any atom is 0.126 e. The largest absolute Gasteiger partial charge is 0.371 e. The van der Waals surface area contributed by atoms with Gasteiger partial charge in [0.1, 0.15) is 5.82 Å². The van der Waals surface area contributed by atoms with Crippen molar-refractivity contribution in [2.75, 3.05) is 18.0 Å². The fourth-order valence-corrected chi connectivity index (χ4v) is 2.09. The van der Waals surface area contributed by atoms with Crippen LogP contribution in [-0.2, 0) is 0 Å². The van der Waals surface area contributed by atoms with E-state index in [4.69, 9.17) is 11.6 Å². The molecule has 0 unspecified atom stereocenters. The Kier molecular flexibility index (Phi) is 2.92. The molecule has 0 aliphatic carbocycles. The standard InChI is InChI=1S/C11H13ClFN/c12-9-6-10(13)8-11(7-9)14-4-2-1-3-5-14/h6-8H,1-5H2. The van der Waals surface area contributed by atoms with Crippen molar-refractivity contribution in [3.63, 3.8) is 0 Å². The first kappa shape index (κ1) is 9.78. The molecule has 1 fully saturated rings. The van der Waals surface area contributed by atoms with E-state index in [0.717, 1.165) is 18.8 Å². The smallest absolute Gasteiger partial charge is 0.126 e. The minimum Gasteiger partial charge on any atom is -0.371 e. The summed E-state index contributed by atoms with van der Waals surface area (Å²) in [7, 11) is 0. The topological polar surface area (TPSA) is 3.24 Å². The Morgan fingerprint density at radius 1 is 1.07 bits per heavy atom. The van der Waals surface area contributed by atoms with Gasteiger partial charge in [0.2, 0.25) is 0 Å². The van der Waals surface area contributed by atoms with Crippen LogP contribution >= 0.6 is 11.6 Å². The van der Waals surface area contributed by atoms with Gasteiger partial charge in [-0.15, -0.1) is 0 Å². The molecule has 1 aromatic rings. The summed E-state index contributed by atoms with van der Waals surface area (Å²) in [4.78, 5) is 2.19. The van der Waals surface area contributed by atoms with Gasteiger partial charge < -0.3 is 4.90 Å². The lowest BCUT2D eigenvalue weighted by Gasteiger charge is -2.28. The lowest BCUT2D eigenvalue weighted by Crippen LogP contribution is -2.29. The molecule has 1 aliphatic rings. The zero-order valence-electron chi connectivity index (χ0n) is 7.97. The van der Waals surface area contributed by atoms with Crippen LogP contribution in [0.25, 0.3) is 0 Å². The summed E-state index contributed by atoms with van der Waals surface area (Å²) in [5.74, 6) is -0.252. The van der Waals surface area contributed by atoms with E-state index in [2.05, 4.69) is 4.90 Å². The van der Waals surface area contributed by atoms with Gasteiger partial charge in [-0.1, -0.05) is 11.6 Å². The molecule has 1 aromatic carbocycles. The molecule has 0 amide bonds. The first-order valence-corrected chi connectivity index (χ1v) is 5.34. The summed E-state index contributed by atoms with van der Waals surface area (Å²) in [6.45, 7) is 2.03. The monoisotopic (exact) mass is 213 g/mol. The van der Waals surface area contributed by atoms with Crippen molar-refractivity contribution in [2.24, 2.45) is 0 Å². The summed E-state index contributed by atoms with van der Waals surface area (Å²) in [6.07, 6.45) is 3.65. The third kappa shape index (κ3) is 2.18. The number of anilines is 1. The molecule has 0 bridgehead atoms. The van der Waals surface area contributed by atoms with E-state index in [9.17, 15) is 4.39 Å². The van der Waals surface area contributed by atoms with Crippen LogP contribution in [0, 0.1) is 5.82 Å². The highest BCUT2D eigenvalue weighted by molar-refractivity contribution is 6.30. The molecule has 0 aromatic heterocycles. The lowest BCUT2D eigenvalue weighted by atomic mass is 10.1. The molecule has 14 heavy (non-hydrogen) atoms. The molecule has 1 saturated heterocycles. The first-order chi connectivity index (χ1) is 6.75. The number of hydrogen-bond acceptors (Lipinski definition) is 1. The predicted molar refractivity (Wildman–Crippen MR) is 57.5 cm³/mol. The Labute approximate surface area is 88.5 Å². The van der Waals surface area contributed by atoms with Gasteiger partial charge in [0.25, 0.3) is 0 Å². The molecular formula is C11H13ClFN. The third-order valence-electron chi connectivity index (χ3n) is 2.57. The summed E-state index contributed by atoms with van der Waals surface area (Å²) in [5.41, 5.74) is 0.912. The van der Waals surface area contributed by atoms with Crippen molar-refractivity contribution in [3.8, 4) is 0 Å². The van der Waals surface area contributed by atoms with Crippen LogP contribution in [0.1, 0.15) is 19.3 Å². The van der Waals surface area contributed by atoms with Gasteiger partial charge in [0.15, 0.2) is 0 Å². The molecule has 1 nitrogen and oxygen atoms in total. The third-order valence-corrected chi connectivity index (χ3v) is 2.79. The quantitative estimate of drug-likeness (QED) is 0.691. The van der Waals surface area contributed by atoms with E-state index < -0.39 is 0 Å². The van der Waals surface area contributed by atoms with E-state index in [1.54, 1.807) is 6.07 Å². The van der Waals surface area contributed by atoms with Crippen LogP contribution in [0.15, 0.2) is 18.2 Å². The second kappa shape index (κ2) is 4.18. The number of nitrogens with zero attached hydrogens (tertiary/aromatic N) is 1. The lowest BCUT2D eigenvalue weighted by molar-refractivity contribution is 0.574. The van der Waals surface area contributed by atoms with Gasteiger partial charge in [-0.25, -0.2) is 4.39 Å². The summed E-state index contributed by atoms with van der Waals surface area (Å²) in [5, 5.41) is 0.477. The molecule has 1 heterocycles. The van der Waals surface area contributed by atoms with Gasteiger partial charge >= 0.3 is 0 Å². The van der Waals surface area contributed by atoms with Crippen molar-refractivity contribution in [1.82, 2.24) is 0 Å². The number of hydrogen-bond donors (Lipinski definition) is 0. The highest BCUT2D eigenvalue weighted by atomic mass is 35.5. The highest BCUT2D eigenvalue weighted by Crippen LogP contribution is 2.24. The number of piperidine rings is 1. The minimum atomic E-state index is -0.252. The first-order valence-electron chi connectivity index (χ1n) is 4.97. The Morgan fingerprint density at radius 2 is 1.79 bits per heavy atom. The van der Waals surface area contributed by atoms with E-state index >= 15 is 0 Å². The van der Waals surface area contributed by atoms with Crippen molar-refractivity contribution in [1.29, 1.82) is 0 Å².